The summed E-state index contributed by atoms with van der Waals surface area (Å²) in [7, 11) is 0. The van der Waals surface area contributed by atoms with Crippen molar-refractivity contribution in [1.82, 2.24) is 0 Å². The van der Waals surface area contributed by atoms with Gasteiger partial charge in [-0.2, -0.15) is 0 Å². The van der Waals surface area contributed by atoms with Crippen molar-refractivity contribution in [3.63, 3.8) is 0 Å². The van der Waals surface area contributed by atoms with Crippen LogP contribution in [0.25, 0.3) is 0 Å². The molecule has 0 aliphatic rings. The highest BCUT2D eigenvalue weighted by atomic mass is 35.5. The molecule has 70 valence electrons. The zero-order valence-corrected chi connectivity index (χ0v) is 9.04. The number of hydrogen-bond donors (Lipinski definition) is 0. The maximum atomic E-state index is 11.2. The molecule has 0 unspecified atom stereocenters. The van der Waals surface area contributed by atoms with Crippen LogP contribution in [0.5, 0.6) is 0 Å². The molecule has 1 aromatic carbocycles. The van der Waals surface area contributed by atoms with Crippen molar-refractivity contribution in [2.24, 2.45) is 0 Å². The monoisotopic (exact) mass is 216 g/mol. The first-order valence-corrected chi connectivity index (χ1v) is 4.80. The van der Waals surface area contributed by atoms with Crippen molar-refractivity contribution in [2.75, 3.05) is 0 Å². The SMILES string of the molecule is CCc1cc(Cl)c(Cl)cc1C(C)=O. The highest BCUT2D eigenvalue weighted by molar-refractivity contribution is 6.42. The summed E-state index contributed by atoms with van der Waals surface area (Å²) in [6, 6.07) is 3.38. The van der Waals surface area contributed by atoms with Gasteiger partial charge < -0.3 is 0 Å². The molecule has 0 atom stereocenters. The lowest BCUT2D eigenvalue weighted by Gasteiger charge is -2.06. The zero-order valence-electron chi connectivity index (χ0n) is 7.53. The maximum absolute atomic E-state index is 11.2. The first-order chi connectivity index (χ1) is 6.06. The molecule has 13 heavy (non-hydrogen) atoms. The first-order valence-electron chi connectivity index (χ1n) is 4.05. The van der Waals surface area contributed by atoms with Gasteiger partial charge in [0, 0.05) is 5.56 Å². The summed E-state index contributed by atoms with van der Waals surface area (Å²) in [5, 5.41) is 0.938. The van der Waals surface area contributed by atoms with Gasteiger partial charge in [0.25, 0.3) is 0 Å². The topological polar surface area (TPSA) is 17.1 Å². The normalized spacial score (nSPS) is 10.2. The second-order valence-corrected chi connectivity index (χ2v) is 3.65. The van der Waals surface area contributed by atoms with Crippen LogP contribution < -0.4 is 0 Å². The Balaban J connectivity index is 3.33. The summed E-state index contributed by atoms with van der Waals surface area (Å²) in [6.07, 6.45) is 0.784. The van der Waals surface area contributed by atoms with Crippen molar-refractivity contribution >= 4 is 29.0 Å². The van der Waals surface area contributed by atoms with Crippen LogP contribution >= 0.6 is 23.2 Å². The molecule has 1 nitrogen and oxygen atoms in total. The van der Waals surface area contributed by atoms with Crippen molar-refractivity contribution in [2.45, 2.75) is 20.3 Å². The van der Waals surface area contributed by atoms with Gasteiger partial charge in [-0.1, -0.05) is 30.1 Å². The standard InChI is InChI=1S/C10H10Cl2O/c1-3-7-4-9(11)10(12)5-8(7)6(2)13/h4-5H,3H2,1-2H3. The Morgan fingerprint density at radius 2 is 1.85 bits per heavy atom. The second kappa shape index (κ2) is 4.12. The van der Waals surface area contributed by atoms with E-state index >= 15 is 0 Å². The largest absolute Gasteiger partial charge is 0.295 e. The Labute approximate surface area is 87.7 Å². The number of hydrogen-bond acceptors (Lipinski definition) is 1. The summed E-state index contributed by atoms with van der Waals surface area (Å²) >= 11 is 11.6. The summed E-state index contributed by atoms with van der Waals surface area (Å²) in [5.74, 6) is 0.0235. The van der Waals surface area contributed by atoms with E-state index in [1.165, 1.54) is 6.92 Å². The van der Waals surface area contributed by atoms with Crippen LogP contribution in [0.1, 0.15) is 29.8 Å². The van der Waals surface area contributed by atoms with Gasteiger partial charge in [-0.3, -0.25) is 4.79 Å². The Morgan fingerprint density at radius 1 is 1.31 bits per heavy atom. The fourth-order valence-electron chi connectivity index (χ4n) is 1.21. The average Bonchev–Trinajstić information content (AvgIpc) is 2.08. The van der Waals surface area contributed by atoms with E-state index < -0.39 is 0 Å². The van der Waals surface area contributed by atoms with Gasteiger partial charge in [0.1, 0.15) is 0 Å². The summed E-state index contributed by atoms with van der Waals surface area (Å²) < 4.78 is 0. The van der Waals surface area contributed by atoms with Gasteiger partial charge in [0.2, 0.25) is 0 Å². The van der Waals surface area contributed by atoms with Crippen LogP contribution in [0.15, 0.2) is 12.1 Å². The molecule has 3 heteroatoms. The van der Waals surface area contributed by atoms with Crippen molar-refractivity contribution in [3.05, 3.63) is 33.3 Å². The van der Waals surface area contributed by atoms with E-state index in [0.29, 0.717) is 15.6 Å². The third kappa shape index (κ3) is 2.23. The number of ketones is 1. The molecule has 1 aromatic rings. The lowest BCUT2D eigenvalue weighted by Crippen LogP contribution is -1.98. The summed E-state index contributed by atoms with van der Waals surface area (Å²) in [4.78, 5) is 11.2. The van der Waals surface area contributed by atoms with Gasteiger partial charge in [-0.15, -0.1) is 0 Å². The Morgan fingerprint density at radius 3 is 2.31 bits per heavy atom. The third-order valence-electron chi connectivity index (χ3n) is 1.91. The van der Waals surface area contributed by atoms with Gasteiger partial charge >= 0.3 is 0 Å². The number of aryl methyl sites for hydroxylation is 1. The van der Waals surface area contributed by atoms with E-state index in [-0.39, 0.29) is 5.78 Å². The Kier molecular flexibility index (Phi) is 3.34. The molecule has 0 spiro atoms. The Hall–Kier alpha value is -0.530. The molecule has 0 bridgehead atoms. The molecular formula is C10H10Cl2O. The summed E-state index contributed by atoms with van der Waals surface area (Å²) in [6.45, 7) is 3.50. The van der Waals surface area contributed by atoms with Crippen LogP contribution in [-0.2, 0) is 6.42 Å². The number of carbonyl (C=O) groups excluding carboxylic acids is 1. The molecule has 0 amide bonds. The van der Waals surface area contributed by atoms with E-state index in [2.05, 4.69) is 0 Å². The van der Waals surface area contributed by atoms with E-state index in [1.54, 1.807) is 12.1 Å². The van der Waals surface area contributed by atoms with Gasteiger partial charge in [0.15, 0.2) is 5.78 Å². The first kappa shape index (κ1) is 10.6. The zero-order chi connectivity index (χ0) is 10.0. The quantitative estimate of drug-likeness (QED) is 0.689. The number of carbonyl (C=O) groups is 1. The minimum atomic E-state index is 0.0235. The van der Waals surface area contributed by atoms with Crippen LogP contribution in [-0.4, -0.2) is 5.78 Å². The van der Waals surface area contributed by atoms with Crippen molar-refractivity contribution < 1.29 is 4.79 Å². The molecule has 0 aromatic heterocycles. The lowest BCUT2D eigenvalue weighted by atomic mass is 10.0. The number of Topliss-reactive ketones (excluding diaryl/α,β-unsaturated/α-hetero) is 1. The van der Waals surface area contributed by atoms with Gasteiger partial charge in [0.05, 0.1) is 10.0 Å². The second-order valence-electron chi connectivity index (χ2n) is 2.83. The number of halogens is 2. The van der Waals surface area contributed by atoms with Crippen molar-refractivity contribution in [1.29, 1.82) is 0 Å². The molecule has 1 rings (SSSR count). The lowest BCUT2D eigenvalue weighted by molar-refractivity contribution is 0.101. The molecule has 0 heterocycles. The minimum Gasteiger partial charge on any atom is -0.295 e. The van der Waals surface area contributed by atoms with E-state index in [1.807, 2.05) is 6.92 Å². The van der Waals surface area contributed by atoms with Crippen molar-refractivity contribution in [3.8, 4) is 0 Å². The number of benzene rings is 1. The van der Waals surface area contributed by atoms with E-state index in [9.17, 15) is 4.79 Å². The number of rotatable bonds is 2. The predicted octanol–water partition coefficient (Wildman–Crippen LogP) is 3.76. The van der Waals surface area contributed by atoms with Crippen LogP contribution in [0.4, 0.5) is 0 Å². The van der Waals surface area contributed by atoms with Crippen LogP contribution in [0.2, 0.25) is 10.0 Å². The van der Waals surface area contributed by atoms with Gasteiger partial charge in [-0.25, -0.2) is 0 Å². The smallest absolute Gasteiger partial charge is 0.160 e. The fourth-order valence-corrected chi connectivity index (χ4v) is 1.56. The van der Waals surface area contributed by atoms with E-state index in [0.717, 1.165) is 12.0 Å². The predicted molar refractivity (Wildman–Crippen MR) is 55.8 cm³/mol. The fraction of sp³-hybridized carbons (Fsp3) is 0.300. The highest BCUT2D eigenvalue weighted by Gasteiger charge is 2.09. The van der Waals surface area contributed by atoms with Crippen LogP contribution in [0.3, 0.4) is 0 Å². The molecule has 0 aliphatic carbocycles. The average molecular weight is 217 g/mol. The molecule has 0 N–H and O–H groups in total. The molecule has 0 fully saturated rings. The molecular weight excluding hydrogens is 207 g/mol. The maximum Gasteiger partial charge on any atom is 0.160 e. The highest BCUT2D eigenvalue weighted by Crippen LogP contribution is 2.26. The van der Waals surface area contributed by atoms with Crippen LogP contribution in [0, 0.1) is 0 Å². The van der Waals surface area contributed by atoms with E-state index in [4.69, 9.17) is 23.2 Å². The van der Waals surface area contributed by atoms with Gasteiger partial charge in [-0.05, 0) is 31.0 Å². The minimum absolute atomic E-state index is 0.0235. The Bertz CT molecular complexity index is 345. The molecule has 0 saturated heterocycles. The molecule has 0 aliphatic heterocycles. The molecule has 0 saturated carbocycles. The summed E-state index contributed by atoms with van der Waals surface area (Å²) in [5.41, 5.74) is 1.61. The third-order valence-corrected chi connectivity index (χ3v) is 2.63. The molecule has 0 radical (unpaired) electrons.